The van der Waals surface area contributed by atoms with Crippen LogP contribution in [-0.2, 0) is 0 Å². The van der Waals surface area contributed by atoms with Crippen molar-refractivity contribution in [3.05, 3.63) is 36.6 Å². The fourth-order valence-corrected chi connectivity index (χ4v) is 1.03. The van der Waals surface area contributed by atoms with Gasteiger partial charge >= 0.3 is 0 Å². The van der Waals surface area contributed by atoms with Crippen LogP contribution >= 0.6 is 0 Å². The molecule has 0 amide bonds. The molecule has 3 nitrogen and oxygen atoms in total. The van der Waals surface area contributed by atoms with E-state index in [0.29, 0.717) is 0 Å². The van der Waals surface area contributed by atoms with Crippen LogP contribution in [0.25, 0.3) is 0 Å². The third kappa shape index (κ3) is 2.53. The maximum Gasteiger partial charge on any atom is 0.143 e. The van der Waals surface area contributed by atoms with Crippen molar-refractivity contribution in [1.29, 1.82) is 0 Å². The summed E-state index contributed by atoms with van der Waals surface area (Å²) in [6.07, 6.45) is 7.33. The summed E-state index contributed by atoms with van der Waals surface area (Å²) in [5.74, 6) is 0. The Kier molecular flexibility index (Phi) is 3.08. The van der Waals surface area contributed by atoms with E-state index in [0.717, 1.165) is 12.1 Å². The van der Waals surface area contributed by atoms with Crippen LogP contribution in [0, 0.1) is 0 Å². The molecular formula is C9H14N2O. The molecule has 0 spiro atoms. The summed E-state index contributed by atoms with van der Waals surface area (Å²) in [4.78, 5) is 0. The third-order valence-electron chi connectivity index (χ3n) is 1.64. The first-order valence-electron chi connectivity index (χ1n) is 3.93. The lowest BCUT2D eigenvalue weighted by Gasteiger charge is -2.16. The molecule has 1 aliphatic rings. The lowest BCUT2D eigenvalue weighted by atomic mass is 10.1. The van der Waals surface area contributed by atoms with Crippen molar-refractivity contribution in [3.63, 3.8) is 0 Å². The van der Waals surface area contributed by atoms with Gasteiger partial charge in [0.15, 0.2) is 0 Å². The van der Waals surface area contributed by atoms with E-state index < -0.39 is 6.23 Å². The summed E-state index contributed by atoms with van der Waals surface area (Å²) in [6, 6.07) is 0.0505. The normalized spacial score (nSPS) is 24.5. The summed E-state index contributed by atoms with van der Waals surface area (Å²) < 4.78 is 0. The van der Waals surface area contributed by atoms with Crippen molar-refractivity contribution in [3.8, 4) is 0 Å². The maximum atomic E-state index is 9.15. The molecule has 0 saturated carbocycles. The molecule has 0 radical (unpaired) electrons. The molecule has 0 aromatic carbocycles. The van der Waals surface area contributed by atoms with Gasteiger partial charge < -0.3 is 16.2 Å². The van der Waals surface area contributed by atoms with Gasteiger partial charge in [0, 0.05) is 11.7 Å². The van der Waals surface area contributed by atoms with E-state index in [9.17, 15) is 0 Å². The van der Waals surface area contributed by atoms with Gasteiger partial charge in [0.2, 0.25) is 0 Å². The first kappa shape index (κ1) is 9.03. The van der Waals surface area contributed by atoms with Crippen molar-refractivity contribution in [2.24, 2.45) is 5.73 Å². The maximum absolute atomic E-state index is 9.15. The molecule has 1 rings (SSSR count). The van der Waals surface area contributed by atoms with Gasteiger partial charge in [-0.05, 0) is 24.6 Å². The first-order valence-corrected chi connectivity index (χ1v) is 3.93. The fourth-order valence-electron chi connectivity index (χ4n) is 1.03. The van der Waals surface area contributed by atoms with Gasteiger partial charge in [-0.25, -0.2) is 0 Å². The van der Waals surface area contributed by atoms with Gasteiger partial charge in [0.1, 0.15) is 6.23 Å². The SMILES string of the molecule is C=C[C@@H](O)NC1=CC(N)CC=C1. The minimum Gasteiger partial charge on any atom is -0.370 e. The van der Waals surface area contributed by atoms with E-state index in [1.54, 1.807) is 0 Å². The third-order valence-corrected chi connectivity index (χ3v) is 1.64. The van der Waals surface area contributed by atoms with Crippen molar-refractivity contribution >= 4 is 0 Å². The zero-order valence-electron chi connectivity index (χ0n) is 6.90. The molecule has 4 N–H and O–H groups in total. The van der Waals surface area contributed by atoms with Crippen LogP contribution in [-0.4, -0.2) is 17.4 Å². The van der Waals surface area contributed by atoms with Crippen LogP contribution in [0.1, 0.15) is 6.42 Å². The lowest BCUT2D eigenvalue weighted by molar-refractivity contribution is 0.199. The molecule has 1 aliphatic carbocycles. The van der Waals surface area contributed by atoms with Gasteiger partial charge in [0.05, 0.1) is 0 Å². The molecule has 2 atom stereocenters. The highest BCUT2D eigenvalue weighted by molar-refractivity contribution is 5.24. The number of nitrogens with two attached hydrogens (primary N) is 1. The van der Waals surface area contributed by atoms with Crippen molar-refractivity contribution < 1.29 is 5.11 Å². The van der Waals surface area contributed by atoms with Crippen LogP contribution in [0.3, 0.4) is 0 Å². The predicted molar refractivity (Wildman–Crippen MR) is 49.2 cm³/mol. The highest BCUT2D eigenvalue weighted by Crippen LogP contribution is 2.06. The largest absolute Gasteiger partial charge is 0.370 e. The fraction of sp³-hybridized carbons (Fsp3) is 0.333. The summed E-state index contributed by atoms with van der Waals surface area (Å²) >= 11 is 0. The second-order valence-corrected chi connectivity index (χ2v) is 2.75. The number of allylic oxidation sites excluding steroid dienone is 1. The Morgan fingerprint density at radius 2 is 2.58 bits per heavy atom. The number of hydrogen-bond acceptors (Lipinski definition) is 3. The molecule has 0 bridgehead atoms. The Morgan fingerprint density at radius 3 is 3.17 bits per heavy atom. The van der Waals surface area contributed by atoms with Crippen LogP contribution in [0.2, 0.25) is 0 Å². The average molecular weight is 166 g/mol. The van der Waals surface area contributed by atoms with Crippen LogP contribution in [0.15, 0.2) is 36.6 Å². The molecule has 0 aromatic heterocycles. The van der Waals surface area contributed by atoms with E-state index in [4.69, 9.17) is 10.8 Å². The average Bonchev–Trinajstić information content (AvgIpc) is 2.04. The summed E-state index contributed by atoms with van der Waals surface area (Å²) in [5.41, 5.74) is 6.52. The van der Waals surface area contributed by atoms with Gasteiger partial charge in [-0.15, -0.1) is 0 Å². The molecular weight excluding hydrogens is 152 g/mol. The Bertz CT molecular complexity index is 221. The topological polar surface area (TPSA) is 58.3 Å². The van der Waals surface area contributed by atoms with E-state index in [2.05, 4.69) is 11.9 Å². The van der Waals surface area contributed by atoms with Crippen molar-refractivity contribution in [2.75, 3.05) is 0 Å². The van der Waals surface area contributed by atoms with Crippen LogP contribution < -0.4 is 11.1 Å². The van der Waals surface area contributed by atoms with Crippen LogP contribution in [0.4, 0.5) is 0 Å². The van der Waals surface area contributed by atoms with Gasteiger partial charge in [-0.1, -0.05) is 12.7 Å². The van der Waals surface area contributed by atoms with E-state index >= 15 is 0 Å². The zero-order valence-corrected chi connectivity index (χ0v) is 6.90. The first-order chi connectivity index (χ1) is 5.72. The molecule has 66 valence electrons. The number of aliphatic hydroxyl groups excluding tert-OH is 1. The predicted octanol–water partition coefficient (Wildman–Crippen LogP) is 0.252. The second-order valence-electron chi connectivity index (χ2n) is 2.75. The summed E-state index contributed by atoms with van der Waals surface area (Å²) in [7, 11) is 0. The van der Waals surface area contributed by atoms with E-state index in [-0.39, 0.29) is 6.04 Å². The Labute approximate surface area is 72.3 Å². The highest BCUT2D eigenvalue weighted by atomic mass is 16.3. The molecule has 0 saturated heterocycles. The quantitative estimate of drug-likeness (QED) is 0.416. The number of rotatable bonds is 3. The molecule has 0 aromatic rings. The molecule has 0 fully saturated rings. The minimum absolute atomic E-state index is 0.0505. The van der Waals surface area contributed by atoms with Gasteiger partial charge in [-0.3, -0.25) is 0 Å². The van der Waals surface area contributed by atoms with Crippen LogP contribution in [0.5, 0.6) is 0 Å². The van der Waals surface area contributed by atoms with Crippen molar-refractivity contribution in [1.82, 2.24) is 5.32 Å². The molecule has 3 heteroatoms. The highest BCUT2D eigenvalue weighted by Gasteiger charge is 2.05. The zero-order chi connectivity index (χ0) is 8.97. The molecule has 1 unspecified atom stereocenters. The van der Waals surface area contributed by atoms with Gasteiger partial charge in [-0.2, -0.15) is 0 Å². The second kappa shape index (κ2) is 4.09. The Balaban J connectivity index is 2.51. The standard InChI is InChI=1S/C9H14N2O/c1-2-9(12)11-8-5-3-4-7(10)6-8/h2-3,5-7,9,11-12H,1,4,10H2/t7?,9-/m1/s1. The van der Waals surface area contributed by atoms with E-state index in [1.807, 2.05) is 18.2 Å². The number of aliphatic hydroxyl groups is 1. The Morgan fingerprint density at radius 1 is 1.83 bits per heavy atom. The minimum atomic E-state index is -0.703. The molecule has 0 heterocycles. The Hall–Kier alpha value is -1.06. The molecule has 12 heavy (non-hydrogen) atoms. The lowest BCUT2D eigenvalue weighted by Crippen LogP contribution is -2.28. The number of nitrogens with one attached hydrogen (secondary N) is 1. The summed E-state index contributed by atoms with van der Waals surface area (Å²) in [6.45, 7) is 3.45. The van der Waals surface area contributed by atoms with E-state index in [1.165, 1.54) is 6.08 Å². The number of hydrogen-bond donors (Lipinski definition) is 3. The smallest absolute Gasteiger partial charge is 0.143 e. The van der Waals surface area contributed by atoms with Crippen molar-refractivity contribution in [2.45, 2.75) is 18.7 Å². The monoisotopic (exact) mass is 166 g/mol. The van der Waals surface area contributed by atoms with Gasteiger partial charge in [0.25, 0.3) is 0 Å². The summed E-state index contributed by atoms with van der Waals surface area (Å²) in [5, 5.41) is 12.0. The molecule has 0 aliphatic heterocycles.